The van der Waals surface area contributed by atoms with Gasteiger partial charge in [-0.05, 0) is 30.3 Å². The number of benzene rings is 3. The maximum absolute atomic E-state index is 9.84. The lowest BCUT2D eigenvalue weighted by Gasteiger charge is -2.18. The summed E-state index contributed by atoms with van der Waals surface area (Å²) in [5.41, 5.74) is 0. The Morgan fingerprint density at radius 2 is 1.11 bits per heavy atom. The average molecular weight is 416 g/mol. The van der Waals surface area contributed by atoms with Crippen LogP contribution in [0.1, 0.15) is 19.8 Å². The molecule has 0 atom stereocenters. The van der Waals surface area contributed by atoms with Crippen LogP contribution in [0.2, 0.25) is 0 Å². The van der Waals surface area contributed by atoms with E-state index in [0.717, 1.165) is 6.42 Å². The van der Waals surface area contributed by atoms with Crippen molar-refractivity contribution in [1.29, 1.82) is 0 Å². The molecule has 0 spiro atoms. The van der Waals surface area contributed by atoms with E-state index in [1.54, 1.807) is 0 Å². The Hall–Kier alpha value is -2.04. The summed E-state index contributed by atoms with van der Waals surface area (Å²) in [6, 6.07) is 32.3. The second-order valence-electron chi connectivity index (χ2n) is 5.95. The lowest BCUT2D eigenvalue weighted by Crippen LogP contribution is -2.20. The van der Waals surface area contributed by atoms with Crippen molar-refractivity contribution >= 4 is 34.2 Å². The van der Waals surface area contributed by atoms with Crippen molar-refractivity contribution in [3.8, 4) is 0 Å². The topological polar surface area (TPSA) is 63.6 Å². The second-order valence-corrected chi connectivity index (χ2v) is 9.26. The van der Waals surface area contributed by atoms with E-state index in [9.17, 15) is 8.42 Å². The normalized spacial score (nSPS) is 11.0. The molecule has 0 amide bonds. The van der Waals surface area contributed by atoms with Gasteiger partial charge in [-0.1, -0.05) is 104 Å². The Bertz CT molecular complexity index is 807. The molecule has 3 aromatic rings. The fraction of sp³-hybridized carbons (Fsp3) is 0.182. The Morgan fingerprint density at radius 3 is 1.39 bits per heavy atom. The van der Waals surface area contributed by atoms with Crippen LogP contribution in [-0.4, -0.2) is 19.6 Å². The van der Waals surface area contributed by atoms with Crippen molar-refractivity contribution in [2.75, 3.05) is 6.61 Å². The summed E-state index contributed by atoms with van der Waals surface area (Å²) in [4.78, 5) is 0. The fourth-order valence-electron chi connectivity index (χ4n) is 2.49. The zero-order valence-electron chi connectivity index (χ0n) is 15.8. The van der Waals surface area contributed by atoms with E-state index in [-0.39, 0.29) is 6.61 Å². The molecule has 0 radical (unpaired) electrons. The number of hydrogen-bond donors (Lipinski definition) is 1. The highest BCUT2D eigenvalue weighted by Gasteiger charge is 2.14. The largest absolute Gasteiger partial charge is 0.397 e. The van der Waals surface area contributed by atoms with Crippen molar-refractivity contribution < 1.29 is 17.2 Å². The van der Waals surface area contributed by atoms with Crippen molar-refractivity contribution in [1.82, 2.24) is 0 Å². The highest BCUT2D eigenvalue weighted by Crippen LogP contribution is 2.32. The fourth-order valence-corrected chi connectivity index (χ4v) is 5.12. The summed E-state index contributed by atoms with van der Waals surface area (Å²) < 4.78 is 31.7. The molecule has 0 aliphatic rings. The molecule has 28 heavy (non-hydrogen) atoms. The lowest BCUT2D eigenvalue weighted by atomic mass is 10.4. The minimum absolute atomic E-state index is 0.0648. The highest BCUT2D eigenvalue weighted by atomic mass is 32.3. The number of rotatable bonds is 7. The van der Waals surface area contributed by atoms with E-state index in [1.165, 1.54) is 15.9 Å². The van der Waals surface area contributed by atoms with Gasteiger partial charge in [0.25, 0.3) is 0 Å². The van der Waals surface area contributed by atoms with E-state index < -0.39 is 18.3 Å². The van der Waals surface area contributed by atoms with Gasteiger partial charge in [-0.15, -0.1) is 0 Å². The van der Waals surface area contributed by atoms with Gasteiger partial charge in [-0.3, -0.25) is 4.55 Å². The third-order valence-corrected chi connectivity index (χ3v) is 6.68. The van der Waals surface area contributed by atoms with Gasteiger partial charge in [0.05, 0.1) is 6.61 Å². The summed E-state index contributed by atoms with van der Waals surface area (Å²) in [6.45, 7) is 1.96. The minimum atomic E-state index is -4.20. The summed E-state index contributed by atoms with van der Waals surface area (Å²) in [5, 5.41) is 4.19. The van der Waals surface area contributed by atoms with E-state index in [4.69, 9.17) is 4.55 Å². The summed E-state index contributed by atoms with van der Waals surface area (Å²) in [5.74, 6) is 0. The van der Waals surface area contributed by atoms with Crippen LogP contribution in [0, 0.1) is 0 Å². The van der Waals surface area contributed by atoms with Crippen LogP contribution in [0.4, 0.5) is 0 Å². The third kappa shape index (κ3) is 7.91. The van der Waals surface area contributed by atoms with Gasteiger partial charge < -0.3 is 0 Å². The van der Waals surface area contributed by atoms with Gasteiger partial charge >= 0.3 is 10.4 Å². The molecular formula is C22H25O4PS. The molecule has 3 rings (SSSR count). The molecule has 4 nitrogen and oxygen atoms in total. The Morgan fingerprint density at radius 1 is 0.750 bits per heavy atom. The molecule has 148 valence electrons. The van der Waals surface area contributed by atoms with Crippen LogP contribution in [0.15, 0.2) is 91.0 Å². The van der Waals surface area contributed by atoms with Crippen molar-refractivity contribution in [3.05, 3.63) is 91.0 Å². The van der Waals surface area contributed by atoms with Gasteiger partial charge in [0.1, 0.15) is 0 Å². The number of hydrogen-bond acceptors (Lipinski definition) is 3. The molecule has 0 saturated carbocycles. The standard InChI is InChI=1S/C18H15P.C4H10O4S/c1-4-10-16(11-5-1)19(17-12-6-2-7-13-17)18-14-8-3-9-15-18;1-2-3-4-8-9(5,6)7/h1-15H;2-4H2,1H3,(H,5,6,7). The quantitative estimate of drug-likeness (QED) is 0.359. The zero-order valence-corrected chi connectivity index (χ0v) is 17.5. The smallest absolute Gasteiger partial charge is 0.264 e. The van der Waals surface area contributed by atoms with Gasteiger partial charge in [0, 0.05) is 0 Å². The van der Waals surface area contributed by atoms with Crippen molar-refractivity contribution in [2.24, 2.45) is 0 Å². The molecule has 3 aromatic carbocycles. The molecule has 0 aliphatic heterocycles. The summed E-state index contributed by atoms with van der Waals surface area (Å²) in [6.07, 6.45) is 1.48. The molecule has 0 heterocycles. The summed E-state index contributed by atoms with van der Waals surface area (Å²) in [7, 11) is -4.64. The minimum Gasteiger partial charge on any atom is -0.264 e. The first-order valence-corrected chi connectivity index (χ1v) is 11.8. The van der Waals surface area contributed by atoms with Gasteiger partial charge in [-0.2, -0.15) is 8.42 Å². The monoisotopic (exact) mass is 416 g/mol. The maximum Gasteiger partial charge on any atom is 0.397 e. The molecule has 0 saturated heterocycles. The van der Waals surface area contributed by atoms with Crippen LogP contribution >= 0.6 is 7.92 Å². The van der Waals surface area contributed by atoms with Crippen LogP contribution in [0.25, 0.3) is 0 Å². The van der Waals surface area contributed by atoms with Crippen LogP contribution in [-0.2, 0) is 14.6 Å². The van der Waals surface area contributed by atoms with E-state index in [0.29, 0.717) is 6.42 Å². The second kappa shape index (κ2) is 11.7. The molecule has 6 heteroatoms. The zero-order chi connectivity index (χ0) is 20.2. The summed E-state index contributed by atoms with van der Waals surface area (Å²) >= 11 is 0. The van der Waals surface area contributed by atoms with E-state index in [2.05, 4.69) is 95.2 Å². The van der Waals surface area contributed by atoms with Gasteiger partial charge in [0.2, 0.25) is 0 Å². The molecule has 0 unspecified atom stereocenters. The first-order valence-electron chi connectivity index (χ1n) is 9.08. The predicted octanol–water partition coefficient (Wildman–Crippen LogP) is 4.05. The van der Waals surface area contributed by atoms with Crippen molar-refractivity contribution in [3.63, 3.8) is 0 Å². The molecule has 0 bridgehead atoms. The van der Waals surface area contributed by atoms with Gasteiger partial charge in [-0.25, -0.2) is 4.18 Å². The Labute approximate surface area is 168 Å². The first-order chi connectivity index (χ1) is 13.5. The molecule has 1 N–H and O–H groups in total. The predicted molar refractivity (Wildman–Crippen MR) is 118 cm³/mol. The number of unbranched alkanes of at least 4 members (excludes halogenated alkanes) is 1. The van der Waals surface area contributed by atoms with E-state index >= 15 is 0 Å². The van der Waals surface area contributed by atoms with Crippen LogP contribution in [0.3, 0.4) is 0 Å². The third-order valence-electron chi connectivity index (χ3n) is 3.77. The molecule has 0 fully saturated rings. The molecular weight excluding hydrogens is 391 g/mol. The SMILES string of the molecule is CCCCOS(=O)(=O)O.c1ccc(P(c2ccccc2)c2ccccc2)cc1. The maximum atomic E-state index is 9.84. The van der Waals surface area contributed by atoms with Crippen molar-refractivity contribution in [2.45, 2.75) is 19.8 Å². The van der Waals surface area contributed by atoms with Crippen LogP contribution < -0.4 is 15.9 Å². The molecule has 0 aromatic heterocycles. The van der Waals surface area contributed by atoms with E-state index in [1.807, 2.05) is 6.92 Å². The first kappa shape index (κ1) is 22.3. The van der Waals surface area contributed by atoms with Gasteiger partial charge in [0.15, 0.2) is 0 Å². The van der Waals surface area contributed by atoms with Crippen LogP contribution in [0.5, 0.6) is 0 Å². The Balaban J connectivity index is 0.000000266. The highest BCUT2D eigenvalue weighted by molar-refractivity contribution is 7.81. The Kier molecular flexibility index (Phi) is 9.32. The molecule has 0 aliphatic carbocycles. The average Bonchev–Trinajstić information content (AvgIpc) is 2.71. The lowest BCUT2D eigenvalue weighted by molar-refractivity contribution is 0.264.